The molecule has 0 aliphatic heterocycles. The van der Waals surface area contributed by atoms with Gasteiger partial charge in [0.25, 0.3) is 0 Å². The van der Waals surface area contributed by atoms with Gasteiger partial charge in [0, 0.05) is 43.0 Å². The van der Waals surface area contributed by atoms with Crippen LogP contribution < -0.4 is 5.32 Å². The molecule has 94 valence electrons. The van der Waals surface area contributed by atoms with Gasteiger partial charge in [0.2, 0.25) is 5.91 Å². The van der Waals surface area contributed by atoms with E-state index in [0.717, 1.165) is 19.3 Å². The summed E-state index contributed by atoms with van der Waals surface area (Å²) < 4.78 is 2.28. The van der Waals surface area contributed by atoms with Crippen LogP contribution in [0, 0.1) is 0 Å². The minimum absolute atomic E-state index is 0.0715. The van der Waals surface area contributed by atoms with Gasteiger partial charge in [0.1, 0.15) is 0 Å². The molecular weight excluding hydrogens is 224 g/mol. The molecule has 0 saturated carbocycles. The third-order valence-electron chi connectivity index (χ3n) is 3.93. The van der Waals surface area contributed by atoms with Crippen molar-refractivity contribution in [2.75, 3.05) is 0 Å². The van der Waals surface area contributed by atoms with E-state index in [9.17, 15) is 4.79 Å². The molecule has 0 bridgehead atoms. The molecule has 3 rings (SSSR count). The Balaban J connectivity index is 2.03. The van der Waals surface area contributed by atoms with Crippen molar-refractivity contribution in [3.05, 3.63) is 35.5 Å². The first-order valence-corrected chi connectivity index (χ1v) is 6.49. The number of nitrogens with one attached hydrogen (secondary N) is 1. The van der Waals surface area contributed by atoms with Crippen LogP contribution in [0.2, 0.25) is 0 Å². The van der Waals surface area contributed by atoms with Crippen LogP contribution in [0.3, 0.4) is 0 Å². The number of para-hydroxylation sites is 1. The first-order valence-electron chi connectivity index (χ1n) is 6.49. The zero-order chi connectivity index (χ0) is 12.7. The molecule has 3 nitrogen and oxygen atoms in total. The SMILES string of the molecule is CC(=O)NC1CCc2c(n(C)c3ccccc23)C1. The molecule has 1 heterocycles. The number of amides is 1. The number of aryl methyl sites for hydroxylation is 2. The third-order valence-corrected chi connectivity index (χ3v) is 3.93. The maximum atomic E-state index is 11.2. The molecule has 0 spiro atoms. The minimum Gasteiger partial charge on any atom is -0.353 e. The van der Waals surface area contributed by atoms with Crippen molar-refractivity contribution < 1.29 is 4.79 Å². The number of fused-ring (bicyclic) bond motifs is 3. The molecule has 1 unspecified atom stereocenters. The Morgan fingerprint density at radius 1 is 1.39 bits per heavy atom. The second kappa shape index (κ2) is 4.16. The van der Waals surface area contributed by atoms with E-state index >= 15 is 0 Å². The maximum Gasteiger partial charge on any atom is 0.217 e. The highest BCUT2D eigenvalue weighted by molar-refractivity contribution is 5.86. The fraction of sp³-hybridized carbons (Fsp3) is 0.400. The van der Waals surface area contributed by atoms with Crippen LogP contribution in [0.1, 0.15) is 24.6 Å². The molecule has 1 atom stereocenters. The van der Waals surface area contributed by atoms with Crippen LogP contribution in [0.15, 0.2) is 24.3 Å². The number of hydrogen-bond donors (Lipinski definition) is 1. The Bertz CT molecular complexity index is 612. The number of carbonyl (C=O) groups is 1. The average Bonchev–Trinajstić information content (AvgIpc) is 2.63. The van der Waals surface area contributed by atoms with E-state index in [2.05, 4.69) is 41.2 Å². The Morgan fingerprint density at radius 2 is 2.17 bits per heavy atom. The van der Waals surface area contributed by atoms with Crippen LogP contribution in [0.4, 0.5) is 0 Å². The second-order valence-corrected chi connectivity index (χ2v) is 5.14. The Hall–Kier alpha value is -1.77. The van der Waals surface area contributed by atoms with Crippen molar-refractivity contribution in [2.45, 2.75) is 32.2 Å². The molecular formula is C15H18N2O. The van der Waals surface area contributed by atoms with Crippen molar-refractivity contribution in [1.82, 2.24) is 9.88 Å². The first kappa shape index (κ1) is 11.3. The van der Waals surface area contributed by atoms with Gasteiger partial charge in [0.15, 0.2) is 0 Å². The lowest BCUT2D eigenvalue weighted by Crippen LogP contribution is -2.37. The summed E-state index contributed by atoms with van der Waals surface area (Å²) in [5, 5.41) is 4.41. The van der Waals surface area contributed by atoms with Gasteiger partial charge in [-0.3, -0.25) is 4.79 Å². The quantitative estimate of drug-likeness (QED) is 0.817. The zero-order valence-electron chi connectivity index (χ0n) is 10.9. The summed E-state index contributed by atoms with van der Waals surface area (Å²) in [6.45, 7) is 1.59. The molecule has 1 amide bonds. The molecule has 1 aromatic carbocycles. The van der Waals surface area contributed by atoms with Crippen molar-refractivity contribution >= 4 is 16.8 Å². The third kappa shape index (κ3) is 1.70. The van der Waals surface area contributed by atoms with Crippen LogP contribution in [0.5, 0.6) is 0 Å². The fourth-order valence-electron chi connectivity index (χ4n) is 3.13. The van der Waals surface area contributed by atoms with E-state index in [1.807, 2.05) is 0 Å². The van der Waals surface area contributed by atoms with Gasteiger partial charge in [-0.25, -0.2) is 0 Å². The molecule has 1 aromatic heterocycles. The normalized spacial score (nSPS) is 18.7. The largest absolute Gasteiger partial charge is 0.353 e. The van der Waals surface area contributed by atoms with Crippen molar-refractivity contribution in [2.24, 2.45) is 7.05 Å². The van der Waals surface area contributed by atoms with Gasteiger partial charge in [0.05, 0.1) is 0 Å². The highest BCUT2D eigenvalue weighted by Crippen LogP contribution is 2.31. The van der Waals surface area contributed by atoms with E-state index in [1.165, 1.54) is 22.2 Å². The van der Waals surface area contributed by atoms with Crippen LogP contribution >= 0.6 is 0 Å². The zero-order valence-corrected chi connectivity index (χ0v) is 10.9. The summed E-state index contributed by atoms with van der Waals surface area (Å²) in [4.78, 5) is 11.2. The van der Waals surface area contributed by atoms with Crippen molar-refractivity contribution in [3.63, 3.8) is 0 Å². The van der Waals surface area contributed by atoms with Crippen LogP contribution in [0.25, 0.3) is 10.9 Å². The van der Waals surface area contributed by atoms with Gasteiger partial charge in [-0.1, -0.05) is 18.2 Å². The summed E-state index contributed by atoms with van der Waals surface area (Å²) in [6, 6.07) is 8.84. The van der Waals surface area contributed by atoms with Crippen LogP contribution in [-0.4, -0.2) is 16.5 Å². The predicted molar refractivity (Wildman–Crippen MR) is 72.5 cm³/mol. The molecule has 18 heavy (non-hydrogen) atoms. The lowest BCUT2D eigenvalue weighted by atomic mass is 9.91. The summed E-state index contributed by atoms with van der Waals surface area (Å²) in [5.74, 6) is 0.0715. The van der Waals surface area contributed by atoms with Crippen molar-refractivity contribution in [1.29, 1.82) is 0 Å². The Labute approximate surface area is 107 Å². The lowest BCUT2D eigenvalue weighted by Gasteiger charge is -2.24. The van der Waals surface area contributed by atoms with E-state index in [-0.39, 0.29) is 11.9 Å². The Kier molecular flexibility index (Phi) is 2.62. The number of hydrogen-bond acceptors (Lipinski definition) is 1. The molecule has 1 N–H and O–H groups in total. The highest BCUT2D eigenvalue weighted by Gasteiger charge is 2.24. The summed E-state index contributed by atoms with van der Waals surface area (Å²) in [7, 11) is 2.12. The van der Waals surface area contributed by atoms with E-state index in [0.29, 0.717) is 0 Å². The Morgan fingerprint density at radius 3 is 2.94 bits per heavy atom. The molecule has 1 aliphatic carbocycles. The van der Waals surface area contributed by atoms with E-state index in [4.69, 9.17) is 0 Å². The second-order valence-electron chi connectivity index (χ2n) is 5.14. The van der Waals surface area contributed by atoms with E-state index < -0.39 is 0 Å². The first-order chi connectivity index (χ1) is 8.66. The molecule has 0 radical (unpaired) electrons. The van der Waals surface area contributed by atoms with Gasteiger partial charge in [-0.15, -0.1) is 0 Å². The topological polar surface area (TPSA) is 34.0 Å². The lowest BCUT2D eigenvalue weighted by molar-refractivity contribution is -0.119. The number of rotatable bonds is 1. The summed E-state index contributed by atoms with van der Waals surface area (Å²) >= 11 is 0. The fourth-order valence-corrected chi connectivity index (χ4v) is 3.13. The monoisotopic (exact) mass is 242 g/mol. The maximum absolute atomic E-state index is 11.2. The minimum atomic E-state index is 0.0715. The number of carbonyl (C=O) groups excluding carboxylic acids is 1. The molecule has 3 heteroatoms. The number of benzene rings is 1. The van der Waals surface area contributed by atoms with Gasteiger partial charge in [-0.2, -0.15) is 0 Å². The van der Waals surface area contributed by atoms with Gasteiger partial charge in [-0.05, 0) is 24.5 Å². The molecule has 2 aromatic rings. The van der Waals surface area contributed by atoms with Gasteiger partial charge >= 0.3 is 0 Å². The van der Waals surface area contributed by atoms with E-state index in [1.54, 1.807) is 6.92 Å². The molecule has 0 saturated heterocycles. The predicted octanol–water partition coefficient (Wildman–Crippen LogP) is 2.17. The number of nitrogens with zero attached hydrogens (tertiary/aromatic N) is 1. The standard InChI is InChI=1S/C15H18N2O/c1-10(18)16-11-7-8-13-12-5-3-4-6-14(12)17(2)15(13)9-11/h3-6,11H,7-9H2,1-2H3,(H,16,18). The van der Waals surface area contributed by atoms with Crippen LogP contribution in [-0.2, 0) is 24.7 Å². The number of aromatic nitrogens is 1. The summed E-state index contributed by atoms with van der Waals surface area (Å²) in [6.07, 6.45) is 3.04. The average molecular weight is 242 g/mol. The molecule has 0 fully saturated rings. The smallest absolute Gasteiger partial charge is 0.217 e. The highest BCUT2D eigenvalue weighted by atomic mass is 16.1. The van der Waals surface area contributed by atoms with Crippen molar-refractivity contribution in [3.8, 4) is 0 Å². The summed E-state index contributed by atoms with van der Waals surface area (Å²) in [5.41, 5.74) is 4.14. The van der Waals surface area contributed by atoms with Gasteiger partial charge < -0.3 is 9.88 Å². The molecule has 1 aliphatic rings.